The zero-order valence-corrected chi connectivity index (χ0v) is 12.1. The van der Waals surface area contributed by atoms with Crippen LogP contribution in [-0.2, 0) is 0 Å². The van der Waals surface area contributed by atoms with Crippen molar-refractivity contribution in [2.75, 3.05) is 19.0 Å². The molecule has 1 aliphatic heterocycles. The second-order valence-corrected chi connectivity index (χ2v) is 4.89. The first-order chi connectivity index (χ1) is 10.4. The fraction of sp³-hybridized carbons (Fsp3) is 0.286. The first kappa shape index (κ1) is 15.1. The molecule has 1 heterocycles. The highest BCUT2D eigenvalue weighted by atomic mass is 16.2. The number of nitriles is 2. The highest BCUT2D eigenvalue weighted by Crippen LogP contribution is 2.38. The van der Waals surface area contributed by atoms with Gasteiger partial charge in [-0.05, 0) is 6.07 Å². The van der Waals surface area contributed by atoms with E-state index in [0.717, 1.165) is 9.80 Å². The van der Waals surface area contributed by atoms with Crippen LogP contribution >= 0.6 is 0 Å². The van der Waals surface area contributed by atoms with Crippen molar-refractivity contribution in [1.82, 2.24) is 9.80 Å². The van der Waals surface area contributed by atoms with E-state index in [4.69, 9.17) is 5.73 Å². The number of amides is 4. The Bertz CT molecular complexity index is 702. The summed E-state index contributed by atoms with van der Waals surface area (Å²) >= 11 is 0. The predicted molar refractivity (Wildman–Crippen MR) is 77.2 cm³/mol. The molecule has 0 spiro atoms. The van der Waals surface area contributed by atoms with Gasteiger partial charge >= 0.3 is 12.1 Å². The summed E-state index contributed by atoms with van der Waals surface area (Å²) in [7, 11) is 3.06. The lowest BCUT2D eigenvalue weighted by molar-refractivity contribution is 0.171. The summed E-state index contributed by atoms with van der Waals surface area (Å²) in [6.45, 7) is 0. The van der Waals surface area contributed by atoms with Crippen LogP contribution in [0.2, 0.25) is 0 Å². The second-order valence-electron chi connectivity index (χ2n) is 4.89. The van der Waals surface area contributed by atoms with E-state index >= 15 is 0 Å². The number of fused-ring (bicyclic) bond motifs is 1. The molecule has 0 saturated heterocycles. The highest BCUT2D eigenvalue weighted by Gasteiger charge is 2.44. The molecular weight excluding hydrogens is 284 g/mol. The van der Waals surface area contributed by atoms with Gasteiger partial charge in [0.25, 0.3) is 0 Å². The molecule has 2 atom stereocenters. The maximum absolute atomic E-state index is 12.4. The van der Waals surface area contributed by atoms with Crippen molar-refractivity contribution in [3.8, 4) is 12.1 Å². The Morgan fingerprint density at radius 3 is 2.36 bits per heavy atom. The van der Waals surface area contributed by atoms with Crippen molar-refractivity contribution in [2.24, 2.45) is 5.73 Å². The Labute approximate surface area is 127 Å². The Balaban J connectivity index is 2.72. The van der Waals surface area contributed by atoms with Gasteiger partial charge in [-0.3, -0.25) is 9.80 Å². The topological polar surface area (TPSA) is 117 Å². The van der Waals surface area contributed by atoms with Crippen LogP contribution < -0.4 is 10.6 Å². The molecule has 22 heavy (non-hydrogen) atoms. The molecule has 0 bridgehead atoms. The van der Waals surface area contributed by atoms with Gasteiger partial charge in [-0.1, -0.05) is 18.2 Å². The Hall–Kier alpha value is -3.26. The maximum Gasteiger partial charge on any atom is 0.326 e. The van der Waals surface area contributed by atoms with Crippen LogP contribution in [-0.4, -0.2) is 42.1 Å². The first-order valence-electron chi connectivity index (χ1n) is 6.40. The summed E-state index contributed by atoms with van der Waals surface area (Å²) in [6, 6.07) is 8.03. The molecule has 1 aromatic rings. The molecule has 2 unspecified atom stereocenters. The molecule has 8 heteroatoms. The lowest BCUT2D eigenvalue weighted by Gasteiger charge is -2.43. The van der Waals surface area contributed by atoms with Gasteiger partial charge in [0, 0.05) is 19.7 Å². The molecule has 0 radical (unpaired) electrons. The summed E-state index contributed by atoms with van der Waals surface area (Å²) in [6.07, 6.45) is -1.29. The first-order valence-corrected chi connectivity index (χ1v) is 6.40. The fourth-order valence-corrected chi connectivity index (χ4v) is 2.41. The van der Waals surface area contributed by atoms with Gasteiger partial charge in [0.1, 0.15) is 6.07 Å². The lowest BCUT2D eigenvalue weighted by Crippen LogP contribution is -2.60. The molecule has 2 rings (SSSR count). The number of hydrogen-bond donors (Lipinski definition) is 1. The summed E-state index contributed by atoms with van der Waals surface area (Å²) in [5.41, 5.74) is 6.19. The third-order valence-electron chi connectivity index (χ3n) is 3.36. The number of carbonyl (C=O) groups is 2. The standard InChI is InChI=1S/C14H14N6O2/c1-18(2)14(22)20-10-6-4-3-5-9(10)11(7-15)19(13(17)21)12(20)8-16/h3-6,11-12H,1-2H3,(H2,17,21). The van der Waals surface area contributed by atoms with E-state index in [9.17, 15) is 20.1 Å². The maximum atomic E-state index is 12.4. The number of para-hydroxylation sites is 1. The van der Waals surface area contributed by atoms with Gasteiger partial charge in [0.2, 0.25) is 6.17 Å². The zero-order chi connectivity index (χ0) is 16.4. The number of benzene rings is 1. The van der Waals surface area contributed by atoms with E-state index < -0.39 is 24.3 Å². The number of carbonyl (C=O) groups excluding carboxylic acids is 2. The molecule has 8 nitrogen and oxygen atoms in total. The minimum Gasteiger partial charge on any atom is -0.351 e. The predicted octanol–water partition coefficient (Wildman–Crippen LogP) is 0.983. The molecule has 112 valence electrons. The highest BCUT2D eigenvalue weighted by molar-refractivity contribution is 5.96. The van der Waals surface area contributed by atoms with E-state index in [0.29, 0.717) is 11.3 Å². The van der Waals surface area contributed by atoms with Crippen LogP contribution in [0.4, 0.5) is 15.3 Å². The molecule has 4 amide bonds. The fourth-order valence-electron chi connectivity index (χ4n) is 2.41. The zero-order valence-electron chi connectivity index (χ0n) is 12.1. The number of anilines is 1. The molecule has 0 saturated carbocycles. The van der Waals surface area contributed by atoms with Gasteiger partial charge in [0.05, 0.1) is 11.8 Å². The molecular formula is C14H14N6O2. The summed E-state index contributed by atoms with van der Waals surface area (Å²) in [4.78, 5) is 27.5. The quantitative estimate of drug-likeness (QED) is 0.768. The van der Waals surface area contributed by atoms with Crippen molar-refractivity contribution < 1.29 is 9.59 Å². The van der Waals surface area contributed by atoms with Crippen LogP contribution in [0.15, 0.2) is 24.3 Å². The van der Waals surface area contributed by atoms with Gasteiger partial charge in [-0.2, -0.15) is 10.5 Å². The van der Waals surface area contributed by atoms with Crippen molar-refractivity contribution in [3.63, 3.8) is 0 Å². The van der Waals surface area contributed by atoms with E-state index in [-0.39, 0.29) is 0 Å². The summed E-state index contributed by atoms with van der Waals surface area (Å²) < 4.78 is 0. The average Bonchev–Trinajstić information content (AvgIpc) is 2.51. The molecule has 0 fully saturated rings. The van der Waals surface area contributed by atoms with E-state index in [1.807, 2.05) is 12.1 Å². The van der Waals surface area contributed by atoms with E-state index in [1.165, 1.54) is 19.0 Å². The van der Waals surface area contributed by atoms with Crippen molar-refractivity contribution >= 4 is 17.7 Å². The van der Waals surface area contributed by atoms with Crippen LogP contribution in [0.5, 0.6) is 0 Å². The number of nitrogens with two attached hydrogens (primary N) is 1. The lowest BCUT2D eigenvalue weighted by atomic mass is 9.99. The second kappa shape index (κ2) is 5.62. The molecule has 0 aliphatic carbocycles. The number of primary amides is 1. The molecule has 0 aromatic heterocycles. The average molecular weight is 298 g/mol. The number of rotatable bonds is 0. The third-order valence-corrected chi connectivity index (χ3v) is 3.36. The van der Waals surface area contributed by atoms with Crippen molar-refractivity contribution in [1.29, 1.82) is 10.5 Å². The number of nitrogens with zero attached hydrogens (tertiary/aromatic N) is 5. The molecule has 1 aromatic carbocycles. The summed E-state index contributed by atoms with van der Waals surface area (Å²) in [5, 5.41) is 18.8. The number of urea groups is 2. The van der Waals surface area contributed by atoms with E-state index in [1.54, 1.807) is 24.3 Å². The number of hydrogen-bond acceptors (Lipinski definition) is 4. The van der Waals surface area contributed by atoms with Crippen molar-refractivity contribution in [2.45, 2.75) is 12.2 Å². The Morgan fingerprint density at radius 1 is 1.23 bits per heavy atom. The third kappa shape index (κ3) is 2.17. The SMILES string of the molecule is CN(C)C(=O)N1c2ccccc2C(C#N)N(C(N)=O)C1C#N. The Kier molecular flexibility index (Phi) is 3.87. The smallest absolute Gasteiger partial charge is 0.326 e. The van der Waals surface area contributed by atoms with Crippen molar-refractivity contribution in [3.05, 3.63) is 29.8 Å². The normalized spacial score (nSPS) is 19.6. The van der Waals surface area contributed by atoms with Gasteiger partial charge in [0.15, 0.2) is 6.04 Å². The monoisotopic (exact) mass is 298 g/mol. The van der Waals surface area contributed by atoms with Gasteiger partial charge in [-0.25, -0.2) is 9.59 Å². The molecule has 2 N–H and O–H groups in total. The van der Waals surface area contributed by atoms with Crippen LogP contribution in [0, 0.1) is 22.7 Å². The van der Waals surface area contributed by atoms with Gasteiger partial charge < -0.3 is 10.6 Å². The minimum absolute atomic E-state index is 0.414. The largest absolute Gasteiger partial charge is 0.351 e. The van der Waals surface area contributed by atoms with E-state index in [2.05, 4.69) is 0 Å². The summed E-state index contributed by atoms with van der Waals surface area (Å²) in [5.74, 6) is 0. The minimum atomic E-state index is -1.29. The van der Waals surface area contributed by atoms with Gasteiger partial charge in [-0.15, -0.1) is 0 Å². The molecule has 1 aliphatic rings. The van der Waals surface area contributed by atoms with Crippen LogP contribution in [0.3, 0.4) is 0 Å². The Morgan fingerprint density at radius 2 is 1.86 bits per heavy atom. The van der Waals surface area contributed by atoms with Crippen LogP contribution in [0.25, 0.3) is 0 Å². The van der Waals surface area contributed by atoms with Crippen LogP contribution in [0.1, 0.15) is 11.6 Å².